The molecule has 3 heterocycles. The van der Waals surface area contributed by atoms with Crippen LogP contribution in [-0.2, 0) is 31.9 Å². The Morgan fingerprint density at radius 2 is 1.57 bits per heavy atom. The number of carbonyl (C=O) groups excluding carboxylic acids is 1. The Labute approximate surface area is 263 Å². The van der Waals surface area contributed by atoms with Crippen molar-refractivity contribution in [2.45, 2.75) is 55.6 Å². The molecule has 0 bridgehead atoms. The maximum absolute atomic E-state index is 14.2. The van der Waals surface area contributed by atoms with Crippen molar-refractivity contribution < 1.29 is 44.3 Å². The predicted octanol–water partition coefficient (Wildman–Crippen LogP) is 5.39. The monoisotopic (exact) mass is 672 g/mol. The molecule has 2 saturated heterocycles. The highest BCUT2D eigenvalue weighted by atomic mass is 32.2. The molecule has 2 unspecified atom stereocenters. The summed E-state index contributed by atoms with van der Waals surface area (Å²) in [7, 11) is -4.73. The highest BCUT2D eigenvalue weighted by molar-refractivity contribution is 7.89. The van der Waals surface area contributed by atoms with Crippen molar-refractivity contribution in [2.24, 2.45) is 0 Å². The Morgan fingerprint density at radius 3 is 2.13 bits per heavy atom. The van der Waals surface area contributed by atoms with Gasteiger partial charge in [-0.3, -0.25) is 4.79 Å². The number of ether oxygens (including phenoxy) is 1. The van der Waals surface area contributed by atoms with Gasteiger partial charge in [0.25, 0.3) is 5.91 Å². The van der Waals surface area contributed by atoms with Crippen LogP contribution in [0.1, 0.15) is 37.3 Å². The molecule has 2 aromatic carbocycles. The van der Waals surface area contributed by atoms with E-state index in [2.05, 4.69) is 5.32 Å². The molecular weight excluding hydrogens is 638 g/mol. The van der Waals surface area contributed by atoms with E-state index in [4.69, 9.17) is 4.74 Å². The number of nitrogens with zero attached hydrogens (tertiary/aromatic N) is 3. The second kappa shape index (κ2) is 13.3. The standard InChI is InChI=1S/C31H34F6N4O4S/c1-21-7-5-11-27(28(38-20-25-10-6-16-45-25)29(42)41(21)24-8-3-2-4-9-24)39-12-14-40(15-13-39)46(43,44)26-18-22(30(32,33)34)17-23(19-26)31(35,36)37/h2-5,8-9,11,17-19,21,25,38H,6-7,10,12-16,20H2,1H3/b11-5+,28-27-. The number of para-hydroxylation sites is 1. The molecule has 8 nitrogen and oxygen atoms in total. The lowest BCUT2D eigenvalue weighted by atomic mass is 10.1. The fourth-order valence-electron chi connectivity index (χ4n) is 5.80. The highest BCUT2D eigenvalue weighted by Gasteiger charge is 2.40. The molecule has 0 saturated carbocycles. The summed E-state index contributed by atoms with van der Waals surface area (Å²) >= 11 is 0. The third-order valence-electron chi connectivity index (χ3n) is 8.23. The van der Waals surface area contributed by atoms with Crippen LogP contribution in [0.3, 0.4) is 0 Å². The number of hydrogen-bond acceptors (Lipinski definition) is 6. The molecule has 0 aliphatic carbocycles. The number of hydrogen-bond donors (Lipinski definition) is 1. The molecule has 2 fully saturated rings. The minimum Gasteiger partial charge on any atom is -0.376 e. The molecule has 250 valence electrons. The average molecular weight is 673 g/mol. The van der Waals surface area contributed by atoms with Crippen LogP contribution in [0.2, 0.25) is 0 Å². The van der Waals surface area contributed by atoms with E-state index in [1.807, 2.05) is 43.3 Å². The van der Waals surface area contributed by atoms with Crippen molar-refractivity contribution in [1.82, 2.24) is 14.5 Å². The van der Waals surface area contributed by atoms with Crippen molar-refractivity contribution >= 4 is 21.6 Å². The van der Waals surface area contributed by atoms with Crippen molar-refractivity contribution in [3.63, 3.8) is 0 Å². The van der Waals surface area contributed by atoms with E-state index < -0.39 is 38.4 Å². The van der Waals surface area contributed by atoms with E-state index >= 15 is 0 Å². The minimum atomic E-state index is -5.19. The number of sulfonamides is 1. The van der Waals surface area contributed by atoms with E-state index in [1.165, 1.54) is 0 Å². The predicted molar refractivity (Wildman–Crippen MR) is 158 cm³/mol. The summed E-state index contributed by atoms with van der Waals surface area (Å²) in [6.07, 6.45) is -4.53. The Kier molecular flexibility index (Phi) is 9.76. The third-order valence-corrected chi connectivity index (χ3v) is 10.1. The maximum atomic E-state index is 14.2. The van der Waals surface area contributed by atoms with Gasteiger partial charge in [-0.25, -0.2) is 8.42 Å². The average Bonchev–Trinajstić information content (AvgIpc) is 3.53. The van der Waals surface area contributed by atoms with Crippen LogP contribution >= 0.6 is 0 Å². The number of benzene rings is 2. The first-order valence-corrected chi connectivity index (χ1v) is 16.3. The molecule has 46 heavy (non-hydrogen) atoms. The lowest BCUT2D eigenvalue weighted by molar-refractivity contribution is -0.143. The summed E-state index contributed by atoms with van der Waals surface area (Å²) < 4.78 is 114. The van der Waals surface area contributed by atoms with Crippen molar-refractivity contribution in [2.75, 3.05) is 44.2 Å². The summed E-state index contributed by atoms with van der Waals surface area (Å²) in [5, 5.41) is 3.28. The number of allylic oxidation sites excluding steroid dienone is 1. The first-order valence-electron chi connectivity index (χ1n) is 14.9. The number of nitrogens with one attached hydrogen (secondary N) is 1. The molecule has 3 aliphatic rings. The number of anilines is 1. The van der Waals surface area contributed by atoms with Crippen LogP contribution in [0.4, 0.5) is 32.0 Å². The van der Waals surface area contributed by atoms with Crippen LogP contribution < -0.4 is 10.2 Å². The molecule has 0 aromatic heterocycles. The van der Waals surface area contributed by atoms with Gasteiger partial charge in [-0.1, -0.05) is 24.3 Å². The number of halogens is 6. The van der Waals surface area contributed by atoms with E-state index in [9.17, 15) is 39.6 Å². The molecule has 1 N–H and O–H groups in total. The quantitative estimate of drug-likeness (QED) is 0.398. The van der Waals surface area contributed by atoms with E-state index in [-0.39, 0.29) is 68.1 Å². The molecule has 5 rings (SSSR count). The van der Waals surface area contributed by atoms with Gasteiger partial charge < -0.3 is 19.9 Å². The molecule has 1 amide bonds. The SMILES string of the molecule is CC1C/C=C/C(N2CCN(S(=O)(=O)c3cc(C(F)(F)F)cc(C(F)(F)F)c3)CC2)=C(/NCC2CCCO2)C(=O)N1c1ccccc1. The number of alkyl halides is 6. The smallest absolute Gasteiger partial charge is 0.376 e. The van der Waals surface area contributed by atoms with Crippen molar-refractivity contribution in [3.05, 3.63) is 83.2 Å². The number of carbonyl (C=O) groups is 1. The summed E-state index contributed by atoms with van der Waals surface area (Å²) in [4.78, 5) is 16.6. The zero-order valence-electron chi connectivity index (χ0n) is 24.9. The first kappa shape index (κ1) is 33.8. The zero-order valence-corrected chi connectivity index (χ0v) is 25.8. The number of rotatable bonds is 7. The van der Waals surface area contributed by atoms with Gasteiger partial charge in [-0.2, -0.15) is 30.6 Å². The van der Waals surface area contributed by atoms with E-state index in [1.54, 1.807) is 15.9 Å². The Hall–Kier alpha value is -3.56. The third kappa shape index (κ3) is 7.36. The van der Waals surface area contributed by atoms with Crippen molar-refractivity contribution in [3.8, 4) is 0 Å². The molecule has 3 aliphatic heterocycles. The van der Waals surface area contributed by atoms with Gasteiger partial charge in [-0.15, -0.1) is 0 Å². The van der Waals surface area contributed by atoms with Crippen LogP contribution in [-0.4, -0.2) is 75.0 Å². The normalized spacial score (nSPS) is 24.5. The summed E-state index contributed by atoms with van der Waals surface area (Å²) in [5.74, 6) is -0.297. The maximum Gasteiger partial charge on any atom is 0.416 e. The Bertz CT molecular complexity index is 1550. The second-order valence-electron chi connectivity index (χ2n) is 11.4. The Balaban J connectivity index is 1.44. The lowest BCUT2D eigenvalue weighted by Crippen LogP contribution is -2.50. The zero-order chi connectivity index (χ0) is 33.3. The summed E-state index contributed by atoms with van der Waals surface area (Å²) in [5.41, 5.74) is -1.93. The Morgan fingerprint density at radius 1 is 0.935 bits per heavy atom. The van der Waals surface area contributed by atoms with Gasteiger partial charge in [0.1, 0.15) is 5.70 Å². The molecule has 0 radical (unpaired) electrons. The summed E-state index contributed by atoms with van der Waals surface area (Å²) in [6, 6.07) is 9.32. The van der Waals surface area contributed by atoms with Crippen LogP contribution in [0.15, 0.2) is 77.0 Å². The van der Waals surface area contributed by atoms with Gasteiger partial charge in [0, 0.05) is 51.1 Å². The minimum absolute atomic E-state index is 0.0310. The molecule has 15 heteroatoms. The van der Waals surface area contributed by atoms with Crippen molar-refractivity contribution in [1.29, 1.82) is 0 Å². The van der Waals surface area contributed by atoms with E-state index in [0.717, 1.165) is 17.1 Å². The molecular formula is C31H34F6N4O4S. The van der Waals surface area contributed by atoms with Crippen LogP contribution in [0.25, 0.3) is 0 Å². The van der Waals surface area contributed by atoms with Gasteiger partial charge in [0.15, 0.2) is 0 Å². The fourth-order valence-corrected chi connectivity index (χ4v) is 7.29. The second-order valence-corrected chi connectivity index (χ2v) is 13.3. The van der Waals surface area contributed by atoms with Gasteiger partial charge >= 0.3 is 12.4 Å². The lowest BCUT2D eigenvalue weighted by Gasteiger charge is -2.39. The first-order chi connectivity index (χ1) is 21.7. The topological polar surface area (TPSA) is 82.2 Å². The number of amides is 1. The summed E-state index contributed by atoms with van der Waals surface area (Å²) in [6.45, 7) is 2.51. The van der Waals surface area contributed by atoms with Crippen LogP contribution in [0, 0.1) is 0 Å². The van der Waals surface area contributed by atoms with E-state index in [0.29, 0.717) is 31.0 Å². The van der Waals surface area contributed by atoms with Crippen LogP contribution in [0.5, 0.6) is 0 Å². The molecule has 0 spiro atoms. The molecule has 2 atom stereocenters. The molecule has 2 aromatic rings. The largest absolute Gasteiger partial charge is 0.416 e. The number of piperazine rings is 1. The van der Waals surface area contributed by atoms with Gasteiger partial charge in [0.05, 0.1) is 27.8 Å². The van der Waals surface area contributed by atoms with Gasteiger partial charge in [0.2, 0.25) is 10.0 Å². The highest BCUT2D eigenvalue weighted by Crippen LogP contribution is 2.38. The van der Waals surface area contributed by atoms with Gasteiger partial charge in [-0.05, 0) is 62.6 Å². The fraction of sp³-hybridized carbons (Fsp3) is 0.452.